The third-order valence-corrected chi connectivity index (χ3v) is 1.75. The Hall–Kier alpha value is -0.120. The maximum Gasteiger partial charge on any atom is 0.114 e. The van der Waals surface area contributed by atoms with E-state index in [1.165, 1.54) is 0 Å². The molecule has 0 saturated carbocycles. The van der Waals surface area contributed by atoms with Crippen LogP contribution in [0.15, 0.2) is 0 Å². The second-order valence-electron chi connectivity index (χ2n) is 2.88. The molecule has 3 heteroatoms. The van der Waals surface area contributed by atoms with Crippen LogP contribution in [-0.2, 0) is 9.47 Å². The van der Waals surface area contributed by atoms with E-state index in [0.717, 1.165) is 13.0 Å². The van der Waals surface area contributed by atoms with E-state index >= 15 is 0 Å². The molecule has 0 aromatic heterocycles. The van der Waals surface area contributed by atoms with E-state index in [1.807, 2.05) is 0 Å². The molecule has 0 aromatic rings. The molecule has 0 aliphatic carbocycles. The van der Waals surface area contributed by atoms with E-state index in [2.05, 4.69) is 0 Å². The summed E-state index contributed by atoms with van der Waals surface area (Å²) in [5, 5.41) is 9.42. The van der Waals surface area contributed by atoms with Gasteiger partial charge in [-0.2, -0.15) is 0 Å². The van der Waals surface area contributed by atoms with Crippen molar-refractivity contribution in [1.82, 2.24) is 0 Å². The second-order valence-corrected chi connectivity index (χ2v) is 2.88. The Morgan fingerprint density at radius 1 is 1.56 bits per heavy atom. The van der Waals surface area contributed by atoms with Crippen molar-refractivity contribution in [2.75, 3.05) is 19.8 Å². The average Bonchev–Trinajstić information content (AvgIpc) is 2.46. The van der Waals surface area contributed by atoms with Crippen LogP contribution < -0.4 is 0 Å². The summed E-state index contributed by atoms with van der Waals surface area (Å²) in [6, 6.07) is 0. The van der Waals surface area contributed by atoms with Crippen molar-refractivity contribution in [3.8, 4) is 0 Å². The molecule has 1 unspecified atom stereocenters. The summed E-state index contributed by atoms with van der Waals surface area (Å²) in [4.78, 5) is 0. The van der Waals surface area contributed by atoms with Gasteiger partial charge in [-0.3, -0.25) is 0 Å². The first-order valence-corrected chi connectivity index (χ1v) is 3.20. The summed E-state index contributed by atoms with van der Waals surface area (Å²) < 4.78 is 9.83. The van der Waals surface area contributed by atoms with Crippen molar-refractivity contribution in [3.05, 3.63) is 0 Å². The predicted molar refractivity (Wildman–Crippen MR) is 30.1 cm³/mol. The van der Waals surface area contributed by atoms with E-state index in [0.29, 0.717) is 19.3 Å². The molecule has 3 nitrogen and oxygen atoms in total. The number of rotatable bonds is 2. The van der Waals surface area contributed by atoms with Crippen LogP contribution >= 0.6 is 0 Å². The minimum Gasteiger partial charge on any atom is -0.385 e. The van der Waals surface area contributed by atoms with Crippen LogP contribution in [-0.4, -0.2) is 36.6 Å². The zero-order valence-electron chi connectivity index (χ0n) is 5.17. The van der Waals surface area contributed by atoms with Crippen molar-refractivity contribution in [2.45, 2.75) is 18.1 Å². The smallest absolute Gasteiger partial charge is 0.114 e. The van der Waals surface area contributed by atoms with Crippen LogP contribution in [0, 0.1) is 0 Å². The lowest BCUT2D eigenvalue weighted by atomic mass is 9.96. The minimum atomic E-state index is -0.541. The normalized spacial score (nSPS) is 37.7. The Morgan fingerprint density at radius 2 is 2.22 bits per heavy atom. The van der Waals surface area contributed by atoms with Gasteiger partial charge in [-0.05, 0) is 0 Å². The fourth-order valence-electron chi connectivity index (χ4n) is 1.07. The Kier molecular flexibility index (Phi) is 1.06. The molecule has 9 heavy (non-hydrogen) atoms. The third kappa shape index (κ3) is 1.08. The number of epoxide rings is 1. The van der Waals surface area contributed by atoms with E-state index < -0.39 is 5.60 Å². The lowest BCUT2D eigenvalue weighted by Crippen LogP contribution is -2.50. The molecule has 2 aliphatic heterocycles. The van der Waals surface area contributed by atoms with Crippen molar-refractivity contribution in [2.24, 2.45) is 0 Å². The molecule has 2 rings (SSSR count). The quantitative estimate of drug-likeness (QED) is 0.514. The molecule has 1 N–H and O–H groups in total. The topological polar surface area (TPSA) is 42.0 Å². The molecule has 0 radical (unpaired) electrons. The molecule has 2 heterocycles. The maximum atomic E-state index is 9.42. The third-order valence-electron chi connectivity index (χ3n) is 1.75. The number of aliphatic hydroxyl groups is 1. The van der Waals surface area contributed by atoms with Crippen molar-refractivity contribution in [1.29, 1.82) is 0 Å². The number of hydrogen-bond acceptors (Lipinski definition) is 3. The maximum absolute atomic E-state index is 9.42. The van der Waals surface area contributed by atoms with Gasteiger partial charge < -0.3 is 14.6 Å². The molecule has 0 amide bonds. The Balaban J connectivity index is 1.81. The SMILES string of the molecule is OC1(CC2CO2)COC1. The molecule has 2 fully saturated rings. The standard InChI is InChI=1S/C6H10O3/c7-6(3-8-4-6)1-5-2-9-5/h5,7H,1-4H2. The Bertz CT molecular complexity index is 115. The molecule has 0 bridgehead atoms. The Labute approximate surface area is 53.6 Å². The highest BCUT2D eigenvalue weighted by Crippen LogP contribution is 2.28. The van der Waals surface area contributed by atoms with Gasteiger partial charge in [-0.1, -0.05) is 0 Å². The van der Waals surface area contributed by atoms with Gasteiger partial charge in [0, 0.05) is 6.42 Å². The lowest BCUT2D eigenvalue weighted by molar-refractivity contribution is -0.183. The summed E-state index contributed by atoms with van der Waals surface area (Å²) >= 11 is 0. The zero-order chi connectivity index (χ0) is 6.32. The molecule has 2 saturated heterocycles. The van der Waals surface area contributed by atoms with Crippen LogP contribution in [0.2, 0.25) is 0 Å². The van der Waals surface area contributed by atoms with Gasteiger partial charge >= 0.3 is 0 Å². The van der Waals surface area contributed by atoms with Crippen LogP contribution in [0.4, 0.5) is 0 Å². The van der Waals surface area contributed by atoms with Gasteiger partial charge in [0.25, 0.3) is 0 Å². The first kappa shape index (κ1) is 5.65. The highest BCUT2D eigenvalue weighted by atomic mass is 16.6. The molecular weight excluding hydrogens is 120 g/mol. The van der Waals surface area contributed by atoms with Gasteiger partial charge in [0.15, 0.2) is 0 Å². The first-order valence-electron chi connectivity index (χ1n) is 3.20. The van der Waals surface area contributed by atoms with Crippen LogP contribution in [0.25, 0.3) is 0 Å². The molecule has 0 aromatic carbocycles. The van der Waals surface area contributed by atoms with Gasteiger partial charge in [0.2, 0.25) is 0 Å². The van der Waals surface area contributed by atoms with Crippen molar-refractivity contribution < 1.29 is 14.6 Å². The fourth-order valence-corrected chi connectivity index (χ4v) is 1.07. The molecule has 1 atom stereocenters. The monoisotopic (exact) mass is 130 g/mol. The van der Waals surface area contributed by atoms with E-state index in [9.17, 15) is 5.11 Å². The molecular formula is C6H10O3. The molecule has 0 spiro atoms. The summed E-state index contributed by atoms with van der Waals surface area (Å²) in [5.74, 6) is 0. The average molecular weight is 130 g/mol. The van der Waals surface area contributed by atoms with Crippen LogP contribution in [0.3, 0.4) is 0 Å². The minimum absolute atomic E-state index is 0.318. The lowest BCUT2D eigenvalue weighted by Gasteiger charge is -2.35. The fraction of sp³-hybridized carbons (Fsp3) is 1.00. The summed E-state index contributed by atoms with van der Waals surface area (Å²) in [7, 11) is 0. The Morgan fingerprint density at radius 3 is 2.56 bits per heavy atom. The van der Waals surface area contributed by atoms with Gasteiger partial charge in [0.05, 0.1) is 25.9 Å². The first-order chi connectivity index (χ1) is 4.29. The predicted octanol–water partition coefficient (Wildman–Crippen LogP) is -0.463. The van der Waals surface area contributed by atoms with Gasteiger partial charge in [-0.25, -0.2) is 0 Å². The number of ether oxygens (including phenoxy) is 2. The second kappa shape index (κ2) is 1.68. The highest BCUT2D eigenvalue weighted by Gasteiger charge is 2.41. The van der Waals surface area contributed by atoms with Crippen LogP contribution in [0.5, 0.6) is 0 Å². The van der Waals surface area contributed by atoms with E-state index in [1.54, 1.807) is 0 Å². The van der Waals surface area contributed by atoms with Gasteiger partial charge in [0.1, 0.15) is 5.60 Å². The van der Waals surface area contributed by atoms with E-state index in [4.69, 9.17) is 9.47 Å². The summed E-state index contributed by atoms with van der Waals surface area (Å²) in [6.07, 6.45) is 1.08. The summed E-state index contributed by atoms with van der Waals surface area (Å²) in [6.45, 7) is 1.81. The largest absolute Gasteiger partial charge is 0.385 e. The van der Waals surface area contributed by atoms with Crippen LogP contribution in [0.1, 0.15) is 6.42 Å². The van der Waals surface area contributed by atoms with Crippen molar-refractivity contribution >= 4 is 0 Å². The molecule has 2 aliphatic rings. The summed E-state index contributed by atoms with van der Waals surface area (Å²) in [5.41, 5.74) is -0.541. The highest BCUT2D eigenvalue weighted by molar-refractivity contribution is 4.90. The van der Waals surface area contributed by atoms with Crippen molar-refractivity contribution in [3.63, 3.8) is 0 Å². The van der Waals surface area contributed by atoms with Gasteiger partial charge in [-0.15, -0.1) is 0 Å². The molecule has 52 valence electrons. The number of hydrogen-bond donors (Lipinski definition) is 1. The van der Waals surface area contributed by atoms with E-state index in [-0.39, 0.29) is 0 Å². The zero-order valence-corrected chi connectivity index (χ0v) is 5.17.